The van der Waals surface area contributed by atoms with Crippen molar-refractivity contribution < 1.29 is 17.9 Å². The Hall–Kier alpha value is -0.700. The fourth-order valence-electron chi connectivity index (χ4n) is 2.39. The molecule has 1 amide bonds. The Morgan fingerprint density at radius 2 is 1.94 bits per heavy atom. The van der Waals surface area contributed by atoms with E-state index in [2.05, 4.69) is 4.72 Å². The highest BCUT2D eigenvalue weighted by molar-refractivity contribution is 7.87. The van der Waals surface area contributed by atoms with Crippen LogP contribution in [0.5, 0.6) is 0 Å². The molecular formula is C10H19N3O4S. The molecule has 2 aliphatic heterocycles. The normalized spacial score (nSPS) is 26.5. The molecule has 104 valence electrons. The summed E-state index contributed by atoms with van der Waals surface area (Å²) in [5, 5.41) is 0. The van der Waals surface area contributed by atoms with Gasteiger partial charge in [-0.3, -0.25) is 4.79 Å². The van der Waals surface area contributed by atoms with Crippen LogP contribution in [0, 0.1) is 0 Å². The number of amides is 1. The molecule has 0 aromatic carbocycles. The Morgan fingerprint density at radius 3 is 2.56 bits per heavy atom. The quantitative estimate of drug-likeness (QED) is 0.701. The number of rotatable bonds is 3. The SMILES string of the molecule is CNS(=O)(=O)N1CCCC1C(=O)N1CCOCC1. The van der Waals surface area contributed by atoms with Crippen LogP contribution in [-0.4, -0.2) is 69.5 Å². The Kier molecular flexibility index (Phi) is 4.21. The molecule has 2 heterocycles. The lowest BCUT2D eigenvalue weighted by Crippen LogP contribution is -2.52. The van der Waals surface area contributed by atoms with E-state index in [0.717, 1.165) is 6.42 Å². The summed E-state index contributed by atoms with van der Waals surface area (Å²) >= 11 is 0. The van der Waals surface area contributed by atoms with Gasteiger partial charge in [-0.25, -0.2) is 4.72 Å². The second-order valence-corrected chi connectivity index (χ2v) is 6.24. The highest BCUT2D eigenvalue weighted by Crippen LogP contribution is 2.22. The van der Waals surface area contributed by atoms with Crippen molar-refractivity contribution in [3.05, 3.63) is 0 Å². The first kappa shape index (κ1) is 13.7. The van der Waals surface area contributed by atoms with Crippen LogP contribution < -0.4 is 4.72 Å². The summed E-state index contributed by atoms with van der Waals surface area (Å²) < 4.78 is 32.4. The van der Waals surface area contributed by atoms with Crippen LogP contribution >= 0.6 is 0 Å². The van der Waals surface area contributed by atoms with Crippen molar-refractivity contribution in [1.82, 2.24) is 13.9 Å². The minimum Gasteiger partial charge on any atom is -0.378 e. The molecule has 1 atom stereocenters. The molecule has 0 saturated carbocycles. The van der Waals surface area contributed by atoms with Gasteiger partial charge < -0.3 is 9.64 Å². The van der Waals surface area contributed by atoms with Gasteiger partial charge in [0.05, 0.1) is 13.2 Å². The Bertz CT molecular complexity index is 405. The van der Waals surface area contributed by atoms with Crippen molar-refractivity contribution in [2.75, 3.05) is 39.9 Å². The zero-order chi connectivity index (χ0) is 13.2. The summed E-state index contributed by atoms with van der Waals surface area (Å²) in [5.41, 5.74) is 0. The smallest absolute Gasteiger partial charge is 0.279 e. The summed E-state index contributed by atoms with van der Waals surface area (Å²) in [6.07, 6.45) is 1.32. The van der Waals surface area contributed by atoms with Gasteiger partial charge in [0.1, 0.15) is 6.04 Å². The molecule has 18 heavy (non-hydrogen) atoms. The maximum Gasteiger partial charge on any atom is 0.279 e. The Morgan fingerprint density at radius 1 is 1.28 bits per heavy atom. The summed E-state index contributed by atoms with van der Waals surface area (Å²) in [6.45, 7) is 2.55. The third-order valence-electron chi connectivity index (χ3n) is 3.38. The largest absolute Gasteiger partial charge is 0.378 e. The van der Waals surface area contributed by atoms with E-state index < -0.39 is 16.3 Å². The second kappa shape index (κ2) is 5.52. The van der Waals surface area contributed by atoms with E-state index in [1.165, 1.54) is 11.4 Å². The molecule has 2 rings (SSSR count). The molecule has 0 aromatic heterocycles. The minimum atomic E-state index is -3.53. The van der Waals surface area contributed by atoms with Crippen molar-refractivity contribution >= 4 is 16.1 Å². The fourth-order valence-corrected chi connectivity index (χ4v) is 3.52. The first-order valence-electron chi connectivity index (χ1n) is 6.13. The standard InChI is InChI=1S/C10H19N3O4S/c1-11-18(15,16)13-4-2-3-9(13)10(14)12-5-7-17-8-6-12/h9,11H,2-8H2,1H3. The molecule has 2 fully saturated rings. The van der Waals surface area contributed by atoms with E-state index >= 15 is 0 Å². The molecule has 1 unspecified atom stereocenters. The monoisotopic (exact) mass is 277 g/mol. The molecule has 2 saturated heterocycles. The molecule has 8 heteroatoms. The predicted molar refractivity (Wildman–Crippen MR) is 65.1 cm³/mol. The van der Waals surface area contributed by atoms with E-state index in [9.17, 15) is 13.2 Å². The number of hydrogen-bond donors (Lipinski definition) is 1. The van der Waals surface area contributed by atoms with Crippen molar-refractivity contribution in [3.63, 3.8) is 0 Å². The summed E-state index contributed by atoms with van der Waals surface area (Å²) in [6, 6.07) is -0.555. The van der Waals surface area contributed by atoms with Crippen LogP contribution in [-0.2, 0) is 19.7 Å². The number of nitrogens with one attached hydrogen (secondary N) is 1. The van der Waals surface area contributed by atoms with Gasteiger partial charge in [0, 0.05) is 26.7 Å². The molecule has 0 radical (unpaired) electrons. The molecule has 0 spiro atoms. The van der Waals surface area contributed by atoms with Crippen LogP contribution in [0.4, 0.5) is 0 Å². The van der Waals surface area contributed by atoms with E-state index in [1.54, 1.807) is 4.90 Å². The van der Waals surface area contributed by atoms with Gasteiger partial charge in [0.2, 0.25) is 5.91 Å². The van der Waals surface area contributed by atoms with E-state index in [1.807, 2.05) is 0 Å². The zero-order valence-electron chi connectivity index (χ0n) is 10.5. The first-order valence-corrected chi connectivity index (χ1v) is 7.57. The van der Waals surface area contributed by atoms with E-state index in [0.29, 0.717) is 39.3 Å². The van der Waals surface area contributed by atoms with Crippen molar-refractivity contribution in [3.8, 4) is 0 Å². The van der Waals surface area contributed by atoms with Crippen LogP contribution in [0.1, 0.15) is 12.8 Å². The maximum absolute atomic E-state index is 12.3. The van der Waals surface area contributed by atoms with Gasteiger partial charge in [-0.1, -0.05) is 0 Å². The summed E-state index contributed by atoms with van der Waals surface area (Å²) in [5.74, 6) is -0.102. The maximum atomic E-state index is 12.3. The number of carbonyl (C=O) groups is 1. The Balaban J connectivity index is 2.09. The minimum absolute atomic E-state index is 0.102. The molecule has 7 nitrogen and oxygen atoms in total. The first-order chi connectivity index (χ1) is 8.56. The van der Waals surface area contributed by atoms with Gasteiger partial charge in [-0.05, 0) is 12.8 Å². The summed E-state index contributed by atoms with van der Waals surface area (Å²) in [7, 11) is -2.16. The van der Waals surface area contributed by atoms with Gasteiger partial charge >= 0.3 is 0 Å². The molecule has 0 aliphatic carbocycles. The fraction of sp³-hybridized carbons (Fsp3) is 0.900. The lowest BCUT2D eigenvalue weighted by Gasteiger charge is -2.31. The lowest BCUT2D eigenvalue weighted by molar-refractivity contribution is -0.138. The third-order valence-corrected chi connectivity index (χ3v) is 4.95. The highest BCUT2D eigenvalue weighted by atomic mass is 32.2. The number of morpholine rings is 1. The van der Waals surface area contributed by atoms with Crippen LogP contribution in [0.15, 0.2) is 0 Å². The zero-order valence-corrected chi connectivity index (χ0v) is 11.3. The highest BCUT2D eigenvalue weighted by Gasteiger charge is 2.40. The molecule has 0 bridgehead atoms. The molecule has 1 N–H and O–H groups in total. The van der Waals surface area contributed by atoms with Crippen molar-refractivity contribution in [1.29, 1.82) is 0 Å². The molecular weight excluding hydrogens is 258 g/mol. The van der Waals surface area contributed by atoms with Crippen molar-refractivity contribution in [2.24, 2.45) is 0 Å². The lowest BCUT2D eigenvalue weighted by atomic mass is 10.2. The second-order valence-electron chi connectivity index (χ2n) is 4.42. The van der Waals surface area contributed by atoms with Crippen LogP contribution in [0.2, 0.25) is 0 Å². The third kappa shape index (κ3) is 2.66. The van der Waals surface area contributed by atoms with Gasteiger partial charge in [0.25, 0.3) is 10.2 Å². The number of nitrogens with zero attached hydrogens (tertiary/aromatic N) is 2. The molecule has 0 aromatic rings. The van der Waals surface area contributed by atoms with Crippen LogP contribution in [0.3, 0.4) is 0 Å². The predicted octanol–water partition coefficient (Wildman–Crippen LogP) is -1.23. The molecule has 2 aliphatic rings. The number of carbonyl (C=O) groups excluding carboxylic acids is 1. The van der Waals surface area contributed by atoms with Crippen molar-refractivity contribution in [2.45, 2.75) is 18.9 Å². The number of hydrogen-bond acceptors (Lipinski definition) is 4. The summed E-state index contributed by atoms with van der Waals surface area (Å²) in [4.78, 5) is 14.0. The van der Waals surface area contributed by atoms with Gasteiger partial charge in [-0.15, -0.1) is 0 Å². The average molecular weight is 277 g/mol. The topological polar surface area (TPSA) is 79.0 Å². The Labute approximate surface area is 107 Å². The average Bonchev–Trinajstić information content (AvgIpc) is 2.89. The van der Waals surface area contributed by atoms with E-state index in [4.69, 9.17) is 4.74 Å². The number of ether oxygens (including phenoxy) is 1. The van der Waals surface area contributed by atoms with E-state index in [-0.39, 0.29) is 5.91 Å². The van der Waals surface area contributed by atoms with Gasteiger partial charge in [0.15, 0.2) is 0 Å². The van der Waals surface area contributed by atoms with Crippen LogP contribution in [0.25, 0.3) is 0 Å². The van der Waals surface area contributed by atoms with Gasteiger partial charge in [-0.2, -0.15) is 12.7 Å².